The summed E-state index contributed by atoms with van der Waals surface area (Å²) >= 11 is 1.19. The molecule has 13 nitrogen and oxygen atoms in total. The van der Waals surface area contributed by atoms with Crippen LogP contribution in [0.5, 0.6) is 5.75 Å². The van der Waals surface area contributed by atoms with Crippen LogP contribution in [0, 0.1) is 6.92 Å². The summed E-state index contributed by atoms with van der Waals surface area (Å²) in [4.78, 5) is 48.3. The Morgan fingerprint density at radius 1 is 0.953 bits per heavy atom. The number of hydrogen-bond acceptors (Lipinski definition) is 12. The van der Waals surface area contributed by atoms with E-state index < -0.39 is 53.6 Å². The normalized spacial score (nSPS) is 23.8. The molecule has 2 aliphatic rings. The van der Waals surface area contributed by atoms with Gasteiger partial charge in [0.25, 0.3) is 0 Å². The minimum Gasteiger partial charge on any atom is -0.486 e. The van der Waals surface area contributed by atoms with E-state index in [0.717, 1.165) is 31.2 Å². The molecule has 1 N–H and O–H groups in total. The number of thioether (sulfide) groups is 1. The van der Waals surface area contributed by atoms with Crippen molar-refractivity contribution in [3.05, 3.63) is 35.7 Å². The molecule has 0 spiro atoms. The lowest BCUT2D eigenvalue weighted by atomic mass is 9.97. The molecule has 2 aromatic rings. The van der Waals surface area contributed by atoms with Crippen LogP contribution in [-0.2, 0) is 44.7 Å². The maximum absolute atomic E-state index is 12.3. The summed E-state index contributed by atoms with van der Waals surface area (Å²) in [6, 6.07) is 6.91. The van der Waals surface area contributed by atoms with E-state index in [1.54, 1.807) is 0 Å². The molecule has 1 aliphatic carbocycles. The van der Waals surface area contributed by atoms with E-state index in [4.69, 9.17) is 23.7 Å². The summed E-state index contributed by atoms with van der Waals surface area (Å²) in [5.41, 5.74) is 0.229. The number of nitrogens with zero attached hydrogens (tertiary/aromatic N) is 3. The van der Waals surface area contributed by atoms with Gasteiger partial charge in [0.15, 0.2) is 23.2 Å². The third-order valence-corrected chi connectivity index (χ3v) is 8.23. The lowest BCUT2D eigenvalue weighted by Gasteiger charge is -2.44. The third kappa shape index (κ3) is 8.69. The fourth-order valence-corrected chi connectivity index (χ4v) is 6.52. The number of nitrogens with one attached hydrogen (secondary N) is 1. The molecule has 1 aromatic heterocycles. The van der Waals surface area contributed by atoms with Crippen LogP contribution in [0.4, 0.5) is 0 Å². The molecule has 1 saturated carbocycles. The van der Waals surface area contributed by atoms with Crippen molar-refractivity contribution in [3.63, 3.8) is 0 Å². The molecule has 0 unspecified atom stereocenters. The molecule has 2 heterocycles. The lowest BCUT2D eigenvalue weighted by molar-refractivity contribution is -0.211. The van der Waals surface area contributed by atoms with Crippen molar-refractivity contribution in [2.45, 2.75) is 108 Å². The Bertz CT molecular complexity index is 1300. The molecule has 14 heteroatoms. The van der Waals surface area contributed by atoms with E-state index in [1.165, 1.54) is 39.5 Å². The first-order valence-electron chi connectivity index (χ1n) is 14.2. The molecule has 5 atom stereocenters. The number of carbonyl (C=O) groups is 4. The third-order valence-electron chi connectivity index (χ3n) is 7.11. The summed E-state index contributed by atoms with van der Waals surface area (Å²) in [5.74, 6) is -0.962. The van der Waals surface area contributed by atoms with E-state index in [0.29, 0.717) is 16.7 Å². The van der Waals surface area contributed by atoms with Gasteiger partial charge in [-0.1, -0.05) is 42.3 Å². The second-order valence-corrected chi connectivity index (χ2v) is 11.7. The Labute approximate surface area is 254 Å². The largest absolute Gasteiger partial charge is 0.486 e. The van der Waals surface area contributed by atoms with Gasteiger partial charge in [0.2, 0.25) is 5.91 Å². The predicted molar refractivity (Wildman–Crippen MR) is 153 cm³/mol. The van der Waals surface area contributed by atoms with E-state index >= 15 is 0 Å². The number of aromatic nitrogens is 3. The first-order valence-corrected chi connectivity index (χ1v) is 15.1. The Kier molecular flexibility index (Phi) is 11.0. The van der Waals surface area contributed by atoms with E-state index in [-0.39, 0.29) is 19.3 Å². The monoisotopic (exact) mass is 618 g/mol. The zero-order chi connectivity index (χ0) is 31.1. The van der Waals surface area contributed by atoms with Crippen LogP contribution in [0.15, 0.2) is 29.4 Å². The van der Waals surface area contributed by atoms with Gasteiger partial charge in [-0.3, -0.25) is 23.7 Å². The van der Waals surface area contributed by atoms with Crippen LogP contribution >= 0.6 is 11.8 Å². The molecule has 1 amide bonds. The van der Waals surface area contributed by atoms with E-state index in [9.17, 15) is 19.2 Å². The first-order chi connectivity index (χ1) is 20.5. The number of aryl methyl sites for hydroxylation is 1. The van der Waals surface area contributed by atoms with Crippen LogP contribution in [0.1, 0.15) is 70.8 Å². The Morgan fingerprint density at radius 3 is 2.21 bits per heavy atom. The van der Waals surface area contributed by atoms with Gasteiger partial charge in [0.05, 0.1) is 0 Å². The second kappa shape index (κ2) is 14.7. The maximum atomic E-state index is 12.3. The van der Waals surface area contributed by atoms with Gasteiger partial charge in [-0.2, -0.15) is 0 Å². The predicted octanol–water partition coefficient (Wildman–Crippen LogP) is 3.03. The van der Waals surface area contributed by atoms with Crippen molar-refractivity contribution in [2.24, 2.45) is 0 Å². The average Bonchev–Trinajstić information content (AvgIpc) is 3.59. The van der Waals surface area contributed by atoms with Crippen LogP contribution in [0.3, 0.4) is 0 Å². The van der Waals surface area contributed by atoms with Crippen molar-refractivity contribution in [1.82, 2.24) is 20.1 Å². The van der Waals surface area contributed by atoms with Crippen molar-refractivity contribution in [2.75, 3.05) is 6.61 Å². The minimum atomic E-state index is -1.17. The SMILES string of the molecule is CC(=O)N[C@H]1[C@@H](OC(C)=O)[C@H](OC(C)=O)[C@@H](COC(C)=O)O[C@H]1Sc1nnc(COc2ccc(C)cc2)n1C1CCCC1. The Balaban J connectivity index is 1.68. The number of amides is 1. The molecule has 1 aromatic carbocycles. The highest BCUT2D eigenvalue weighted by Crippen LogP contribution is 2.39. The quantitative estimate of drug-likeness (QED) is 0.290. The first kappa shape index (κ1) is 32.3. The topological polar surface area (TPSA) is 157 Å². The number of rotatable bonds is 11. The van der Waals surface area contributed by atoms with Gasteiger partial charge >= 0.3 is 17.9 Å². The Morgan fingerprint density at radius 2 is 1.60 bits per heavy atom. The van der Waals surface area contributed by atoms with Gasteiger partial charge in [-0.05, 0) is 31.9 Å². The highest BCUT2D eigenvalue weighted by molar-refractivity contribution is 7.99. The van der Waals surface area contributed by atoms with Gasteiger partial charge in [-0.15, -0.1) is 10.2 Å². The van der Waals surface area contributed by atoms with Crippen molar-refractivity contribution in [1.29, 1.82) is 0 Å². The van der Waals surface area contributed by atoms with Gasteiger partial charge in [0.1, 0.15) is 36.5 Å². The fraction of sp³-hybridized carbons (Fsp3) is 0.586. The van der Waals surface area contributed by atoms with Crippen LogP contribution in [0.25, 0.3) is 0 Å². The number of benzene rings is 1. The lowest BCUT2D eigenvalue weighted by Crippen LogP contribution is -2.65. The fourth-order valence-electron chi connectivity index (χ4n) is 5.29. The number of ether oxygens (including phenoxy) is 5. The molecular weight excluding hydrogens is 580 g/mol. The highest BCUT2D eigenvalue weighted by Gasteiger charge is 2.51. The minimum absolute atomic E-state index is 0.131. The van der Waals surface area contributed by atoms with Crippen molar-refractivity contribution < 1.29 is 42.9 Å². The van der Waals surface area contributed by atoms with Gasteiger partial charge in [-0.25, -0.2) is 0 Å². The standard InChI is InChI=1S/C29H38N4O9S/c1-16-10-12-22(13-11-16)39-15-24-31-32-29(33(24)21-8-6-7-9-21)43-28-25(30-17(2)34)27(41-20(5)37)26(40-19(4)36)23(42-28)14-38-18(3)35/h10-13,21,23,25-28H,6-9,14-15H2,1-5H3,(H,30,34)/t23-,25+,26-,27-,28+/m1/s1. The molecule has 234 valence electrons. The van der Waals surface area contributed by atoms with Gasteiger partial charge in [0, 0.05) is 33.7 Å². The molecule has 2 fully saturated rings. The van der Waals surface area contributed by atoms with Crippen molar-refractivity contribution in [3.8, 4) is 5.75 Å². The summed E-state index contributed by atoms with van der Waals surface area (Å²) in [6.07, 6.45) is 0.662. The zero-order valence-electron chi connectivity index (χ0n) is 24.9. The molecule has 1 aliphatic heterocycles. The number of hydrogen-bond donors (Lipinski definition) is 1. The van der Waals surface area contributed by atoms with E-state index in [2.05, 4.69) is 15.5 Å². The van der Waals surface area contributed by atoms with Gasteiger partial charge < -0.3 is 29.0 Å². The molecular formula is C29H38N4O9S. The molecule has 0 radical (unpaired) electrons. The zero-order valence-corrected chi connectivity index (χ0v) is 25.8. The average molecular weight is 619 g/mol. The highest BCUT2D eigenvalue weighted by atomic mass is 32.2. The van der Waals surface area contributed by atoms with Crippen molar-refractivity contribution >= 4 is 35.6 Å². The van der Waals surface area contributed by atoms with Crippen LogP contribution in [0.2, 0.25) is 0 Å². The number of esters is 3. The maximum Gasteiger partial charge on any atom is 0.303 e. The summed E-state index contributed by atoms with van der Waals surface area (Å²) in [5, 5.41) is 12.2. The molecule has 4 rings (SSSR count). The molecule has 1 saturated heterocycles. The summed E-state index contributed by atoms with van der Waals surface area (Å²) in [6.45, 7) is 6.89. The summed E-state index contributed by atoms with van der Waals surface area (Å²) < 4.78 is 30.8. The number of carbonyl (C=O) groups excluding carboxylic acids is 4. The Hall–Kier alpha value is -3.65. The van der Waals surface area contributed by atoms with Crippen LogP contribution < -0.4 is 10.1 Å². The smallest absolute Gasteiger partial charge is 0.303 e. The summed E-state index contributed by atoms with van der Waals surface area (Å²) in [7, 11) is 0. The molecule has 0 bridgehead atoms. The molecule has 43 heavy (non-hydrogen) atoms. The van der Waals surface area contributed by atoms with E-state index in [1.807, 2.05) is 35.8 Å². The second-order valence-electron chi connectivity index (χ2n) is 10.6. The van der Waals surface area contributed by atoms with Crippen LogP contribution in [-0.4, -0.2) is 75.0 Å².